The van der Waals surface area contributed by atoms with Gasteiger partial charge in [0.2, 0.25) is 5.91 Å². The molecule has 2 heterocycles. The second-order valence-corrected chi connectivity index (χ2v) is 6.42. The first kappa shape index (κ1) is 16.4. The summed E-state index contributed by atoms with van der Waals surface area (Å²) in [5.74, 6) is 0.257. The van der Waals surface area contributed by atoms with Crippen molar-refractivity contribution in [2.45, 2.75) is 25.4 Å². The Morgan fingerprint density at radius 3 is 2.87 bits per heavy atom. The maximum Gasteiger partial charge on any atom is 0.240 e. The van der Waals surface area contributed by atoms with Crippen molar-refractivity contribution in [1.82, 2.24) is 15.1 Å². The van der Waals surface area contributed by atoms with Gasteiger partial charge in [0.25, 0.3) is 0 Å². The highest BCUT2D eigenvalue weighted by Gasteiger charge is 2.28. The number of hydrogen-bond acceptors (Lipinski definition) is 4. The highest BCUT2D eigenvalue weighted by atomic mass is 16.5. The minimum Gasteiger partial charge on any atom is -0.383 e. The molecule has 1 aromatic rings. The Labute approximate surface area is 138 Å². The zero-order valence-electron chi connectivity index (χ0n) is 14.0. The van der Waals surface area contributed by atoms with Gasteiger partial charge in [0.1, 0.15) is 0 Å². The van der Waals surface area contributed by atoms with Gasteiger partial charge in [-0.3, -0.25) is 9.69 Å². The first-order chi connectivity index (χ1) is 11.3. The normalized spacial score (nSPS) is 22.5. The summed E-state index contributed by atoms with van der Waals surface area (Å²) in [5, 5.41) is 3.41. The predicted molar refractivity (Wildman–Crippen MR) is 90.3 cm³/mol. The molecule has 2 aliphatic heterocycles. The fourth-order valence-electron chi connectivity index (χ4n) is 3.48. The maximum atomic E-state index is 12.9. The van der Waals surface area contributed by atoms with Crippen LogP contribution in [0.25, 0.3) is 0 Å². The molecule has 0 saturated carbocycles. The third kappa shape index (κ3) is 4.10. The van der Waals surface area contributed by atoms with Gasteiger partial charge in [-0.15, -0.1) is 0 Å². The number of carbonyl (C=O) groups excluding carboxylic acids is 1. The van der Waals surface area contributed by atoms with Crippen molar-refractivity contribution in [3.8, 4) is 0 Å². The first-order valence-electron chi connectivity index (χ1n) is 8.58. The highest BCUT2D eigenvalue weighted by Crippen LogP contribution is 2.18. The second kappa shape index (κ2) is 7.90. The van der Waals surface area contributed by atoms with Crippen LogP contribution in [0.3, 0.4) is 0 Å². The molecule has 1 N–H and O–H groups in total. The Balaban J connectivity index is 1.56. The van der Waals surface area contributed by atoms with Gasteiger partial charge < -0.3 is 15.0 Å². The number of nitrogens with zero attached hydrogens (tertiary/aromatic N) is 2. The quantitative estimate of drug-likeness (QED) is 0.895. The molecule has 1 saturated heterocycles. The van der Waals surface area contributed by atoms with Crippen LogP contribution in [0.4, 0.5) is 0 Å². The number of rotatable bonds is 4. The Morgan fingerprint density at radius 2 is 2.04 bits per heavy atom. The molecular weight excluding hydrogens is 290 g/mol. The van der Waals surface area contributed by atoms with Crippen molar-refractivity contribution in [3.63, 3.8) is 0 Å². The summed E-state index contributed by atoms with van der Waals surface area (Å²) in [6, 6.07) is 8.33. The van der Waals surface area contributed by atoms with Gasteiger partial charge in [0.05, 0.1) is 12.6 Å². The van der Waals surface area contributed by atoms with Crippen molar-refractivity contribution >= 4 is 5.91 Å². The van der Waals surface area contributed by atoms with E-state index in [0.29, 0.717) is 0 Å². The second-order valence-electron chi connectivity index (χ2n) is 6.42. The fourth-order valence-corrected chi connectivity index (χ4v) is 3.48. The van der Waals surface area contributed by atoms with Crippen molar-refractivity contribution in [2.24, 2.45) is 0 Å². The summed E-state index contributed by atoms with van der Waals surface area (Å²) in [4.78, 5) is 17.3. The average molecular weight is 317 g/mol. The number of methoxy groups -OCH3 is 1. The van der Waals surface area contributed by atoms with E-state index in [4.69, 9.17) is 4.74 Å². The van der Waals surface area contributed by atoms with Gasteiger partial charge in [0, 0.05) is 39.8 Å². The molecule has 0 aromatic heterocycles. The van der Waals surface area contributed by atoms with E-state index in [1.165, 1.54) is 11.1 Å². The lowest BCUT2D eigenvalue weighted by Crippen LogP contribution is -2.50. The Kier molecular flexibility index (Phi) is 5.65. The summed E-state index contributed by atoms with van der Waals surface area (Å²) in [5.41, 5.74) is 2.62. The monoisotopic (exact) mass is 317 g/mol. The molecule has 23 heavy (non-hydrogen) atoms. The van der Waals surface area contributed by atoms with E-state index in [9.17, 15) is 4.79 Å². The number of nitrogens with one attached hydrogen (secondary N) is 1. The van der Waals surface area contributed by atoms with E-state index in [0.717, 1.165) is 58.7 Å². The average Bonchev–Trinajstić information content (AvgIpc) is 2.84. The number of fused-ring (bicyclic) bond motifs is 1. The van der Waals surface area contributed by atoms with Crippen molar-refractivity contribution in [2.75, 3.05) is 46.4 Å². The van der Waals surface area contributed by atoms with E-state index in [1.54, 1.807) is 7.11 Å². The molecule has 1 atom stereocenters. The molecule has 3 rings (SSSR count). The third-order valence-corrected chi connectivity index (χ3v) is 4.89. The lowest BCUT2D eigenvalue weighted by molar-refractivity contribution is -0.133. The van der Waals surface area contributed by atoms with Crippen LogP contribution in [0.15, 0.2) is 24.3 Å². The SMILES string of the molecule is COCCN1CCCN(C(=O)C2Cc3ccccc3CN2)CC1. The molecule has 126 valence electrons. The lowest BCUT2D eigenvalue weighted by atomic mass is 9.95. The maximum absolute atomic E-state index is 12.9. The number of carbonyl (C=O) groups is 1. The van der Waals surface area contributed by atoms with Crippen LogP contribution in [0.2, 0.25) is 0 Å². The van der Waals surface area contributed by atoms with Crippen LogP contribution in [-0.4, -0.2) is 68.2 Å². The first-order valence-corrected chi connectivity index (χ1v) is 8.58. The number of amides is 1. The zero-order valence-corrected chi connectivity index (χ0v) is 14.0. The van der Waals surface area contributed by atoms with Crippen LogP contribution in [0.5, 0.6) is 0 Å². The van der Waals surface area contributed by atoms with Gasteiger partial charge in [0.15, 0.2) is 0 Å². The van der Waals surface area contributed by atoms with Crippen LogP contribution in [0.1, 0.15) is 17.5 Å². The van der Waals surface area contributed by atoms with Gasteiger partial charge in [-0.2, -0.15) is 0 Å². The van der Waals surface area contributed by atoms with Gasteiger partial charge >= 0.3 is 0 Å². The summed E-state index contributed by atoms with van der Waals surface area (Å²) < 4.78 is 5.16. The number of hydrogen-bond donors (Lipinski definition) is 1. The van der Waals surface area contributed by atoms with Crippen LogP contribution in [-0.2, 0) is 22.5 Å². The molecule has 0 bridgehead atoms. The molecule has 1 fully saturated rings. The Hall–Kier alpha value is -1.43. The summed E-state index contributed by atoms with van der Waals surface area (Å²) in [6.07, 6.45) is 1.84. The molecule has 5 heteroatoms. The number of ether oxygens (including phenoxy) is 1. The van der Waals surface area contributed by atoms with E-state index >= 15 is 0 Å². The minimum atomic E-state index is -0.0737. The lowest BCUT2D eigenvalue weighted by Gasteiger charge is -2.30. The Bertz CT molecular complexity index is 535. The molecule has 1 unspecified atom stereocenters. The molecular formula is C18H27N3O2. The predicted octanol–water partition coefficient (Wildman–Crippen LogP) is 0.882. The Morgan fingerprint density at radius 1 is 1.22 bits per heavy atom. The molecule has 2 aliphatic rings. The largest absolute Gasteiger partial charge is 0.383 e. The summed E-state index contributed by atoms with van der Waals surface area (Å²) >= 11 is 0. The minimum absolute atomic E-state index is 0.0737. The molecule has 1 aromatic carbocycles. The fraction of sp³-hybridized carbons (Fsp3) is 0.611. The van der Waals surface area contributed by atoms with Crippen molar-refractivity contribution < 1.29 is 9.53 Å². The smallest absolute Gasteiger partial charge is 0.240 e. The molecule has 0 radical (unpaired) electrons. The van der Waals surface area contributed by atoms with Crippen molar-refractivity contribution in [3.05, 3.63) is 35.4 Å². The van der Waals surface area contributed by atoms with Crippen LogP contribution < -0.4 is 5.32 Å². The highest BCUT2D eigenvalue weighted by molar-refractivity contribution is 5.82. The van der Waals surface area contributed by atoms with Gasteiger partial charge in [-0.1, -0.05) is 24.3 Å². The summed E-state index contributed by atoms with van der Waals surface area (Å²) in [6.45, 7) is 6.18. The van der Waals surface area contributed by atoms with Crippen LogP contribution in [0, 0.1) is 0 Å². The standard InChI is InChI=1S/C18H27N3O2/c1-23-12-11-20-7-4-8-21(10-9-20)18(22)17-13-15-5-2-3-6-16(15)14-19-17/h2-3,5-6,17,19H,4,7-14H2,1H3. The summed E-state index contributed by atoms with van der Waals surface area (Å²) in [7, 11) is 1.74. The van der Waals surface area contributed by atoms with Crippen molar-refractivity contribution in [1.29, 1.82) is 0 Å². The van der Waals surface area contributed by atoms with E-state index in [-0.39, 0.29) is 11.9 Å². The molecule has 0 aliphatic carbocycles. The topological polar surface area (TPSA) is 44.8 Å². The van der Waals surface area contributed by atoms with E-state index in [2.05, 4.69) is 34.5 Å². The molecule has 0 spiro atoms. The third-order valence-electron chi connectivity index (χ3n) is 4.89. The van der Waals surface area contributed by atoms with Gasteiger partial charge in [-0.05, 0) is 30.5 Å². The molecule has 1 amide bonds. The van der Waals surface area contributed by atoms with Crippen LogP contribution >= 0.6 is 0 Å². The number of benzene rings is 1. The van der Waals surface area contributed by atoms with E-state index < -0.39 is 0 Å². The van der Waals surface area contributed by atoms with E-state index in [1.807, 2.05) is 4.90 Å². The zero-order chi connectivity index (χ0) is 16.1. The van der Waals surface area contributed by atoms with Gasteiger partial charge in [-0.25, -0.2) is 0 Å². The molecule has 5 nitrogen and oxygen atoms in total.